The second kappa shape index (κ2) is 10.8. The van der Waals surface area contributed by atoms with E-state index in [1.807, 2.05) is 54.6 Å². The van der Waals surface area contributed by atoms with Gasteiger partial charge in [0, 0.05) is 25.7 Å². The predicted octanol–water partition coefficient (Wildman–Crippen LogP) is 5.65. The van der Waals surface area contributed by atoms with Crippen molar-refractivity contribution < 1.29 is 4.79 Å². The van der Waals surface area contributed by atoms with Crippen molar-refractivity contribution in [2.75, 3.05) is 19.6 Å². The molecule has 1 aliphatic rings. The summed E-state index contributed by atoms with van der Waals surface area (Å²) in [7, 11) is 0. The van der Waals surface area contributed by atoms with Crippen LogP contribution in [0.1, 0.15) is 49.8 Å². The zero-order valence-corrected chi connectivity index (χ0v) is 19.9. The van der Waals surface area contributed by atoms with Gasteiger partial charge in [-0.15, -0.1) is 0 Å². The Bertz CT molecular complexity index is 907. The van der Waals surface area contributed by atoms with Gasteiger partial charge in [0.25, 0.3) is 0 Å². The van der Waals surface area contributed by atoms with E-state index < -0.39 is 5.41 Å². The fourth-order valence-corrected chi connectivity index (χ4v) is 5.31. The molecule has 0 radical (unpaired) electrons. The van der Waals surface area contributed by atoms with Gasteiger partial charge >= 0.3 is 0 Å². The molecule has 2 unspecified atom stereocenters. The Morgan fingerprint density at radius 3 is 1.79 bits per heavy atom. The van der Waals surface area contributed by atoms with Crippen LogP contribution in [0.5, 0.6) is 0 Å². The van der Waals surface area contributed by atoms with Crippen molar-refractivity contribution in [3.05, 3.63) is 108 Å². The minimum atomic E-state index is -0.900. The number of nitrogens with one attached hydrogen (secondary N) is 1. The summed E-state index contributed by atoms with van der Waals surface area (Å²) in [6, 6.07) is 31.1. The molecule has 1 aliphatic heterocycles. The fourth-order valence-electron chi connectivity index (χ4n) is 5.31. The molecule has 0 aromatic heterocycles. The van der Waals surface area contributed by atoms with Crippen LogP contribution < -0.4 is 5.32 Å². The van der Waals surface area contributed by atoms with Gasteiger partial charge < -0.3 is 5.32 Å². The number of carbonyl (C=O) groups is 1. The lowest BCUT2D eigenvalue weighted by Gasteiger charge is -2.38. The predicted molar refractivity (Wildman–Crippen MR) is 136 cm³/mol. The van der Waals surface area contributed by atoms with E-state index in [1.54, 1.807) is 0 Å². The molecule has 0 saturated carbocycles. The number of carbonyl (C=O) groups excluding carboxylic acids is 1. The van der Waals surface area contributed by atoms with Crippen LogP contribution in [0.15, 0.2) is 91.0 Å². The Balaban J connectivity index is 1.66. The van der Waals surface area contributed by atoms with E-state index in [1.165, 1.54) is 19.3 Å². The van der Waals surface area contributed by atoms with Crippen LogP contribution >= 0.6 is 0 Å². The molecular weight excluding hydrogens is 404 g/mol. The summed E-state index contributed by atoms with van der Waals surface area (Å²) in [6.07, 6.45) is 3.79. The lowest BCUT2D eigenvalue weighted by atomic mass is 9.68. The van der Waals surface area contributed by atoms with Gasteiger partial charge in [0.1, 0.15) is 5.41 Å². The normalized spacial score (nSPS) is 19.2. The summed E-state index contributed by atoms with van der Waals surface area (Å²) in [6.45, 7) is 7.27. The highest BCUT2D eigenvalue weighted by Crippen LogP contribution is 2.39. The summed E-state index contributed by atoms with van der Waals surface area (Å²) < 4.78 is 0. The van der Waals surface area contributed by atoms with Gasteiger partial charge in [-0.2, -0.15) is 0 Å². The second-order valence-electron chi connectivity index (χ2n) is 9.30. The van der Waals surface area contributed by atoms with Gasteiger partial charge in [-0.1, -0.05) is 104 Å². The van der Waals surface area contributed by atoms with E-state index in [9.17, 15) is 4.79 Å². The molecule has 1 heterocycles. The molecule has 4 rings (SSSR count). The average molecular weight is 441 g/mol. The van der Waals surface area contributed by atoms with E-state index in [2.05, 4.69) is 60.5 Å². The standard InChI is InChI=1S/C30H36N2O/c1-3-25-20-19-24(2)32(23-25)22-21-31-29(33)30(26-13-7-4-8-14-26,27-15-9-5-10-16-27)28-17-11-6-12-18-28/h4-18,24-25H,3,19-23H2,1-2H3,(H,31,33). The van der Waals surface area contributed by atoms with Crippen molar-refractivity contribution in [2.45, 2.75) is 44.6 Å². The first-order valence-corrected chi connectivity index (χ1v) is 12.3. The fraction of sp³-hybridized carbons (Fsp3) is 0.367. The van der Waals surface area contributed by atoms with Crippen molar-refractivity contribution in [2.24, 2.45) is 5.92 Å². The monoisotopic (exact) mass is 440 g/mol. The molecule has 1 amide bonds. The number of rotatable bonds is 8. The minimum Gasteiger partial charge on any atom is -0.353 e. The second-order valence-corrected chi connectivity index (χ2v) is 9.30. The quantitative estimate of drug-likeness (QED) is 0.459. The molecule has 3 nitrogen and oxygen atoms in total. The van der Waals surface area contributed by atoms with Crippen LogP contribution in [0, 0.1) is 5.92 Å². The molecule has 1 saturated heterocycles. The highest BCUT2D eigenvalue weighted by atomic mass is 16.2. The van der Waals surface area contributed by atoms with Crippen LogP contribution in [0.25, 0.3) is 0 Å². The molecule has 0 aliphatic carbocycles. The molecule has 0 spiro atoms. The van der Waals surface area contributed by atoms with Crippen molar-refractivity contribution >= 4 is 5.91 Å². The topological polar surface area (TPSA) is 32.3 Å². The number of likely N-dealkylation sites (tertiary alicyclic amines) is 1. The summed E-state index contributed by atoms with van der Waals surface area (Å²) >= 11 is 0. The Morgan fingerprint density at radius 2 is 1.33 bits per heavy atom. The van der Waals surface area contributed by atoms with Crippen molar-refractivity contribution in [1.82, 2.24) is 10.2 Å². The van der Waals surface area contributed by atoms with Crippen molar-refractivity contribution in [3.8, 4) is 0 Å². The van der Waals surface area contributed by atoms with Crippen LogP contribution in [-0.4, -0.2) is 36.5 Å². The van der Waals surface area contributed by atoms with Gasteiger partial charge in [0.2, 0.25) is 5.91 Å². The van der Waals surface area contributed by atoms with Gasteiger partial charge in [-0.05, 0) is 42.4 Å². The van der Waals surface area contributed by atoms with Gasteiger partial charge in [0.15, 0.2) is 0 Å². The van der Waals surface area contributed by atoms with Crippen LogP contribution in [0.2, 0.25) is 0 Å². The number of nitrogens with zero attached hydrogens (tertiary/aromatic N) is 1. The minimum absolute atomic E-state index is 0.0304. The molecule has 0 bridgehead atoms. The Labute approximate surface area is 198 Å². The Morgan fingerprint density at radius 1 is 0.848 bits per heavy atom. The number of benzene rings is 3. The highest BCUT2D eigenvalue weighted by Gasteiger charge is 2.43. The molecule has 3 aromatic rings. The highest BCUT2D eigenvalue weighted by molar-refractivity contribution is 5.96. The third kappa shape index (κ3) is 4.89. The Hall–Kier alpha value is -2.91. The van der Waals surface area contributed by atoms with Crippen molar-refractivity contribution in [1.29, 1.82) is 0 Å². The molecular formula is C30H36N2O. The average Bonchev–Trinajstić information content (AvgIpc) is 2.88. The molecule has 1 fully saturated rings. The SMILES string of the molecule is CCC1CCC(C)N(CCNC(=O)C(c2ccccc2)(c2ccccc2)c2ccccc2)C1. The van der Waals surface area contributed by atoms with E-state index in [0.29, 0.717) is 12.6 Å². The van der Waals surface area contributed by atoms with E-state index in [4.69, 9.17) is 0 Å². The molecule has 3 aromatic carbocycles. The lowest BCUT2D eigenvalue weighted by molar-refractivity contribution is -0.124. The third-order valence-corrected chi connectivity index (χ3v) is 7.33. The molecule has 3 heteroatoms. The van der Waals surface area contributed by atoms with Gasteiger partial charge in [-0.3, -0.25) is 9.69 Å². The van der Waals surface area contributed by atoms with Crippen LogP contribution in [0.4, 0.5) is 0 Å². The summed E-state index contributed by atoms with van der Waals surface area (Å²) in [5, 5.41) is 3.34. The van der Waals surface area contributed by atoms with E-state index in [0.717, 1.165) is 35.7 Å². The maximum absolute atomic E-state index is 14.2. The van der Waals surface area contributed by atoms with Gasteiger partial charge in [0.05, 0.1) is 0 Å². The zero-order valence-electron chi connectivity index (χ0n) is 19.9. The first-order chi connectivity index (χ1) is 16.2. The smallest absolute Gasteiger partial charge is 0.239 e. The summed E-state index contributed by atoms with van der Waals surface area (Å²) in [5.74, 6) is 0.803. The van der Waals surface area contributed by atoms with Crippen molar-refractivity contribution in [3.63, 3.8) is 0 Å². The first kappa shape index (κ1) is 23.3. The number of amides is 1. The number of hydrogen-bond acceptors (Lipinski definition) is 2. The largest absolute Gasteiger partial charge is 0.353 e. The first-order valence-electron chi connectivity index (χ1n) is 12.3. The maximum Gasteiger partial charge on any atom is 0.239 e. The molecule has 172 valence electrons. The molecule has 1 N–H and O–H groups in total. The number of piperidine rings is 1. The summed E-state index contributed by atoms with van der Waals surface area (Å²) in [5.41, 5.74) is 2.05. The maximum atomic E-state index is 14.2. The van der Waals surface area contributed by atoms with E-state index in [-0.39, 0.29) is 5.91 Å². The molecule has 33 heavy (non-hydrogen) atoms. The van der Waals surface area contributed by atoms with Crippen LogP contribution in [0.3, 0.4) is 0 Å². The lowest BCUT2D eigenvalue weighted by Crippen LogP contribution is -2.50. The van der Waals surface area contributed by atoms with Crippen LogP contribution in [-0.2, 0) is 10.2 Å². The summed E-state index contributed by atoms with van der Waals surface area (Å²) in [4.78, 5) is 16.7. The van der Waals surface area contributed by atoms with Gasteiger partial charge in [-0.25, -0.2) is 0 Å². The zero-order chi connectivity index (χ0) is 23.1. The molecule has 2 atom stereocenters. The Kier molecular flexibility index (Phi) is 7.61. The number of hydrogen-bond donors (Lipinski definition) is 1. The third-order valence-electron chi connectivity index (χ3n) is 7.33. The van der Waals surface area contributed by atoms with E-state index >= 15 is 0 Å².